The van der Waals surface area contributed by atoms with Crippen LogP contribution in [0.5, 0.6) is 0 Å². The number of hydrogen-bond acceptors (Lipinski definition) is 4. The highest BCUT2D eigenvalue weighted by molar-refractivity contribution is 7.91. The predicted octanol–water partition coefficient (Wildman–Crippen LogP) is 3.26. The normalized spacial score (nSPS) is 11.9. The van der Waals surface area contributed by atoms with E-state index in [4.69, 9.17) is 5.73 Å². The smallest absolute Gasteiger partial charge is 0.150 e. The van der Waals surface area contributed by atoms with E-state index in [0.717, 1.165) is 58.2 Å². The van der Waals surface area contributed by atoms with Crippen molar-refractivity contribution in [3.8, 4) is 0 Å². The first-order valence-corrected chi connectivity index (χ1v) is 11.1. The number of rotatable bonds is 17. The molecule has 0 amide bonds. The molecule has 0 unspecified atom stereocenters. The molecule has 134 valence electrons. The van der Waals surface area contributed by atoms with Crippen LogP contribution in [0.4, 0.5) is 0 Å². The molecule has 22 heavy (non-hydrogen) atoms. The molecular formula is C17H38N2O2S. The van der Waals surface area contributed by atoms with E-state index in [0.29, 0.717) is 11.5 Å². The summed E-state index contributed by atoms with van der Waals surface area (Å²) in [4.78, 5) is 0. The van der Waals surface area contributed by atoms with Gasteiger partial charge in [-0.15, -0.1) is 0 Å². The summed E-state index contributed by atoms with van der Waals surface area (Å²) in [5.74, 6) is 0.778. The van der Waals surface area contributed by atoms with E-state index in [9.17, 15) is 8.42 Å². The third-order valence-corrected chi connectivity index (χ3v) is 5.75. The second kappa shape index (κ2) is 15.8. The summed E-state index contributed by atoms with van der Waals surface area (Å²) in [7, 11) is -2.78. The molecule has 0 spiro atoms. The third kappa shape index (κ3) is 16.2. The van der Waals surface area contributed by atoms with Crippen LogP contribution in [-0.2, 0) is 9.84 Å². The van der Waals surface area contributed by atoms with Gasteiger partial charge in [0.1, 0.15) is 9.84 Å². The Morgan fingerprint density at radius 2 is 1.23 bits per heavy atom. The van der Waals surface area contributed by atoms with Crippen LogP contribution in [0.1, 0.15) is 77.6 Å². The van der Waals surface area contributed by atoms with E-state index in [2.05, 4.69) is 12.2 Å². The average Bonchev–Trinajstić information content (AvgIpc) is 2.48. The first kappa shape index (κ1) is 21.9. The SMILES string of the molecule is CCCCCS(=O)(=O)CCCCCCCCCNCCCN. The summed E-state index contributed by atoms with van der Waals surface area (Å²) in [6, 6.07) is 0. The Kier molecular flexibility index (Phi) is 15.7. The lowest BCUT2D eigenvalue weighted by Gasteiger charge is -2.05. The Morgan fingerprint density at radius 3 is 1.82 bits per heavy atom. The zero-order valence-electron chi connectivity index (χ0n) is 14.6. The third-order valence-electron chi connectivity index (χ3n) is 3.93. The van der Waals surface area contributed by atoms with Crippen LogP contribution < -0.4 is 11.1 Å². The molecule has 0 rings (SSSR count). The fraction of sp³-hybridized carbons (Fsp3) is 1.00. The molecule has 0 aliphatic heterocycles. The van der Waals surface area contributed by atoms with Gasteiger partial charge < -0.3 is 11.1 Å². The number of sulfone groups is 1. The first-order valence-electron chi connectivity index (χ1n) is 9.23. The van der Waals surface area contributed by atoms with Crippen LogP contribution in [0.2, 0.25) is 0 Å². The van der Waals surface area contributed by atoms with E-state index in [-0.39, 0.29) is 0 Å². The molecule has 0 heterocycles. The number of nitrogens with two attached hydrogens (primary N) is 1. The van der Waals surface area contributed by atoms with E-state index in [1.807, 2.05) is 0 Å². The molecule has 5 heteroatoms. The summed E-state index contributed by atoms with van der Waals surface area (Å²) >= 11 is 0. The van der Waals surface area contributed by atoms with Gasteiger partial charge in [0.05, 0.1) is 11.5 Å². The van der Waals surface area contributed by atoms with Crippen LogP contribution in [0.25, 0.3) is 0 Å². The molecule has 0 bridgehead atoms. The largest absolute Gasteiger partial charge is 0.330 e. The Hall–Kier alpha value is -0.130. The van der Waals surface area contributed by atoms with Crippen molar-refractivity contribution in [2.45, 2.75) is 77.6 Å². The summed E-state index contributed by atoms with van der Waals surface area (Å²) < 4.78 is 23.5. The highest BCUT2D eigenvalue weighted by atomic mass is 32.2. The first-order chi connectivity index (χ1) is 10.6. The fourth-order valence-corrected chi connectivity index (χ4v) is 3.97. The molecule has 0 aromatic carbocycles. The van der Waals surface area contributed by atoms with Gasteiger partial charge in [-0.3, -0.25) is 0 Å². The molecule has 0 saturated carbocycles. The van der Waals surface area contributed by atoms with Crippen molar-refractivity contribution in [1.29, 1.82) is 0 Å². The van der Waals surface area contributed by atoms with Crippen LogP contribution in [-0.4, -0.2) is 39.6 Å². The Morgan fingerprint density at radius 1 is 0.727 bits per heavy atom. The predicted molar refractivity (Wildman–Crippen MR) is 97.0 cm³/mol. The van der Waals surface area contributed by atoms with E-state index < -0.39 is 9.84 Å². The average molecular weight is 335 g/mol. The summed E-state index contributed by atoms with van der Waals surface area (Å²) in [6.07, 6.45) is 12.1. The monoisotopic (exact) mass is 334 g/mol. The maximum absolute atomic E-state index is 11.8. The molecule has 3 N–H and O–H groups in total. The van der Waals surface area contributed by atoms with Crippen molar-refractivity contribution in [3.05, 3.63) is 0 Å². The molecule has 0 aliphatic carbocycles. The van der Waals surface area contributed by atoms with Crippen molar-refractivity contribution in [2.24, 2.45) is 5.73 Å². The lowest BCUT2D eigenvalue weighted by Crippen LogP contribution is -2.19. The molecule has 0 fully saturated rings. The maximum atomic E-state index is 11.8. The van der Waals surface area contributed by atoms with Crippen LogP contribution in [0.15, 0.2) is 0 Å². The van der Waals surface area contributed by atoms with Crippen molar-refractivity contribution >= 4 is 9.84 Å². The van der Waals surface area contributed by atoms with E-state index in [1.165, 1.54) is 32.1 Å². The van der Waals surface area contributed by atoms with Gasteiger partial charge in [0.15, 0.2) is 0 Å². The number of nitrogens with one attached hydrogen (secondary N) is 1. The lowest BCUT2D eigenvalue weighted by atomic mass is 10.1. The van der Waals surface area contributed by atoms with Crippen molar-refractivity contribution in [3.63, 3.8) is 0 Å². The topological polar surface area (TPSA) is 72.2 Å². The fourth-order valence-electron chi connectivity index (χ4n) is 2.48. The molecule has 4 nitrogen and oxygen atoms in total. The minimum Gasteiger partial charge on any atom is -0.330 e. The molecule has 0 aromatic rings. The van der Waals surface area contributed by atoms with Gasteiger partial charge in [0.25, 0.3) is 0 Å². The van der Waals surface area contributed by atoms with Crippen molar-refractivity contribution in [2.75, 3.05) is 31.1 Å². The van der Waals surface area contributed by atoms with Crippen LogP contribution in [0.3, 0.4) is 0 Å². The van der Waals surface area contributed by atoms with Gasteiger partial charge in [-0.1, -0.05) is 51.9 Å². The zero-order chi connectivity index (χ0) is 16.5. The van der Waals surface area contributed by atoms with E-state index in [1.54, 1.807) is 0 Å². The van der Waals surface area contributed by atoms with Crippen molar-refractivity contribution < 1.29 is 8.42 Å². The molecule has 0 aromatic heterocycles. The lowest BCUT2D eigenvalue weighted by molar-refractivity contribution is 0.554. The summed E-state index contributed by atoms with van der Waals surface area (Å²) in [5, 5.41) is 3.39. The van der Waals surface area contributed by atoms with Gasteiger partial charge >= 0.3 is 0 Å². The molecule has 0 saturated heterocycles. The minimum absolute atomic E-state index is 0.387. The van der Waals surface area contributed by atoms with E-state index >= 15 is 0 Å². The highest BCUT2D eigenvalue weighted by Crippen LogP contribution is 2.09. The summed E-state index contributed by atoms with van der Waals surface area (Å²) in [5.41, 5.74) is 5.43. The Balaban J connectivity index is 3.26. The standard InChI is InChI=1S/C17H38N2O2S/c1-2-3-10-16-22(20,21)17-11-8-6-4-5-7-9-14-19-15-12-13-18/h19H,2-18H2,1H3. The highest BCUT2D eigenvalue weighted by Gasteiger charge is 2.09. The van der Waals surface area contributed by atoms with Gasteiger partial charge in [-0.05, 0) is 45.3 Å². The molecule has 0 aliphatic rings. The second-order valence-electron chi connectivity index (χ2n) is 6.23. The summed E-state index contributed by atoms with van der Waals surface area (Å²) in [6.45, 7) is 4.99. The van der Waals surface area contributed by atoms with Gasteiger partial charge in [0.2, 0.25) is 0 Å². The molecule has 0 radical (unpaired) electrons. The van der Waals surface area contributed by atoms with Gasteiger partial charge in [-0.25, -0.2) is 8.42 Å². The van der Waals surface area contributed by atoms with Gasteiger partial charge in [-0.2, -0.15) is 0 Å². The van der Waals surface area contributed by atoms with Crippen LogP contribution >= 0.6 is 0 Å². The number of unbranched alkanes of at least 4 members (excludes halogenated alkanes) is 8. The number of hydrogen-bond donors (Lipinski definition) is 2. The molecular weight excluding hydrogens is 296 g/mol. The van der Waals surface area contributed by atoms with Gasteiger partial charge in [0, 0.05) is 0 Å². The van der Waals surface area contributed by atoms with Crippen molar-refractivity contribution in [1.82, 2.24) is 5.32 Å². The minimum atomic E-state index is -2.78. The van der Waals surface area contributed by atoms with Crippen LogP contribution in [0, 0.1) is 0 Å². The Labute approximate surface area is 138 Å². The second-order valence-corrected chi connectivity index (χ2v) is 8.53. The maximum Gasteiger partial charge on any atom is 0.150 e. The Bertz CT molecular complexity index is 319. The quantitative estimate of drug-likeness (QED) is 0.400. The molecule has 0 atom stereocenters. The zero-order valence-corrected chi connectivity index (χ0v) is 15.4.